The lowest BCUT2D eigenvalue weighted by atomic mass is 9.76. The summed E-state index contributed by atoms with van der Waals surface area (Å²) in [7, 11) is 0. The van der Waals surface area contributed by atoms with Crippen molar-refractivity contribution >= 4 is 39.7 Å². The fourth-order valence-corrected chi connectivity index (χ4v) is 3.19. The van der Waals surface area contributed by atoms with Crippen molar-refractivity contribution in [1.82, 2.24) is 4.90 Å². The molecule has 2 rings (SSSR count). The van der Waals surface area contributed by atoms with Crippen molar-refractivity contribution in [3.63, 3.8) is 0 Å². The third-order valence-electron chi connectivity index (χ3n) is 3.88. The summed E-state index contributed by atoms with van der Waals surface area (Å²) in [6.45, 7) is 0.754. The molecular formula is C15H11BrFNO7. The van der Waals surface area contributed by atoms with Gasteiger partial charge < -0.3 is 15.3 Å². The fraction of sp³-hybridized carbons (Fsp3) is 0.200. The number of carbonyl (C=O) groups is 4. The quantitative estimate of drug-likeness (QED) is 0.502. The highest BCUT2D eigenvalue weighted by Gasteiger charge is 2.68. The van der Waals surface area contributed by atoms with Crippen molar-refractivity contribution in [2.24, 2.45) is 0 Å². The molecule has 0 saturated carbocycles. The first-order chi connectivity index (χ1) is 11.6. The second-order valence-corrected chi connectivity index (χ2v) is 6.14. The van der Waals surface area contributed by atoms with Gasteiger partial charge >= 0.3 is 17.9 Å². The van der Waals surface area contributed by atoms with Gasteiger partial charge in [-0.15, -0.1) is 0 Å². The van der Waals surface area contributed by atoms with E-state index >= 15 is 0 Å². The highest BCUT2D eigenvalue weighted by molar-refractivity contribution is 9.10. The summed E-state index contributed by atoms with van der Waals surface area (Å²) in [5, 5.41) is 28.5. The van der Waals surface area contributed by atoms with E-state index in [0.717, 1.165) is 6.92 Å². The molecule has 1 unspecified atom stereocenters. The Labute approximate surface area is 148 Å². The van der Waals surface area contributed by atoms with Crippen molar-refractivity contribution in [2.75, 3.05) is 0 Å². The molecule has 1 aliphatic rings. The van der Waals surface area contributed by atoms with Crippen LogP contribution in [0.4, 0.5) is 4.39 Å². The Morgan fingerprint density at radius 1 is 1.08 bits per heavy atom. The minimum atomic E-state index is -3.16. The van der Waals surface area contributed by atoms with E-state index in [1.807, 2.05) is 0 Å². The van der Waals surface area contributed by atoms with Crippen molar-refractivity contribution in [3.05, 3.63) is 45.8 Å². The Morgan fingerprint density at radius 2 is 1.56 bits per heavy atom. The number of amides is 1. The van der Waals surface area contributed by atoms with Crippen molar-refractivity contribution in [3.8, 4) is 0 Å². The van der Waals surface area contributed by atoms with Crippen molar-refractivity contribution < 1.29 is 38.9 Å². The average molecular weight is 416 g/mol. The third-order valence-corrected chi connectivity index (χ3v) is 4.41. The fourth-order valence-electron chi connectivity index (χ4n) is 2.92. The van der Waals surface area contributed by atoms with Crippen LogP contribution in [0.25, 0.3) is 0 Å². The zero-order valence-corrected chi connectivity index (χ0v) is 14.2. The first kappa shape index (κ1) is 18.6. The Kier molecular flexibility index (Phi) is 4.67. The lowest BCUT2D eigenvalue weighted by Gasteiger charge is -2.34. The van der Waals surface area contributed by atoms with Gasteiger partial charge in [-0.3, -0.25) is 9.69 Å². The number of carboxylic acids is 3. The Bertz CT molecular complexity index is 804. The molecule has 0 bridgehead atoms. The second-order valence-electron chi connectivity index (χ2n) is 5.23. The number of nitrogens with zero attached hydrogens (tertiary/aromatic N) is 1. The molecule has 1 amide bonds. The summed E-state index contributed by atoms with van der Waals surface area (Å²) >= 11 is 3.13. The Balaban J connectivity index is 2.91. The molecule has 0 fully saturated rings. The maximum absolute atomic E-state index is 14.7. The van der Waals surface area contributed by atoms with E-state index in [4.69, 9.17) is 0 Å². The van der Waals surface area contributed by atoms with E-state index in [1.54, 1.807) is 0 Å². The van der Waals surface area contributed by atoms with E-state index in [9.17, 15) is 38.9 Å². The summed E-state index contributed by atoms with van der Waals surface area (Å²) in [6.07, 6.45) is 0. The number of benzene rings is 1. The minimum absolute atomic E-state index is 0.0794. The predicted molar refractivity (Wildman–Crippen MR) is 83.2 cm³/mol. The summed E-state index contributed by atoms with van der Waals surface area (Å²) < 4.78 is 15.2. The zero-order chi connectivity index (χ0) is 19.1. The summed E-state index contributed by atoms with van der Waals surface area (Å²) in [5.41, 5.74) is -4.34. The van der Waals surface area contributed by atoms with Crippen molar-refractivity contribution in [1.29, 1.82) is 0 Å². The maximum Gasteiger partial charge on any atom is 0.342 e. The zero-order valence-electron chi connectivity index (χ0n) is 12.6. The van der Waals surface area contributed by atoms with Gasteiger partial charge in [0.2, 0.25) is 11.9 Å². The molecule has 1 atom stereocenters. The molecule has 1 aromatic rings. The van der Waals surface area contributed by atoms with E-state index in [-0.39, 0.29) is 10.5 Å². The van der Waals surface area contributed by atoms with Gasteiger partial charge in [-0.1, -0.05) is 28.1 Å². The Morgan fingerprint density at radius 3 is 1.92 bits per heavy atom. The lowest BCUT2D eigenvalue weighted by Crippen LogP contribution is -2.61. The molecule has 0 aliphatic carbocycles. The van der Waals surface area contributed by atoms with E-state index in [1.165, 1.54) is 24.3 Å². The molecule has 0 saturated heterocycles. The van der Waals surface area contributed by atoms with Gasteiger partial charge in [0, 0.05) is 11.4 Å². The molecule has 1 aromatic carbocycles. The molecule has 25 heavy (non-hydrogen) atoms. The molecule has 10 heteroatoms. The second kappa shape index (κ2) is 6.28. The van der Waals surface area contributed by atoms with Gasteiger partial charge in [-0.25, -0.2) is 14.4 Å². The topological polar surface area (TPSA) is 132 Å². The van der Waals surface area contributed by atoms with E-state index < -0.39 is 46.8 Å². The molecule has 8 nitrogen and oxygen atoms in total. The van der Waals surface area contributed by atoms with Crippen LogP contribution in [-0.2, 0) is 19.2 Å². The summed E-state index contributed by atoms with van der Waals surface area (Å²) in [5.74, 6) is -10.9. The number of carboxylic acid groups (broad SMARTS) is 3. The number of aliphatic carboxylic acids is 3. The molecule has 0 spiro atoms. The van der Waals surface area contributed by atoms with Crippen LogP contribution in [0, 0.1) is 0 Å². The molecule has 132 valence electrons. The van der Waals surface area contributed by atoms with Crippen LogP contribution in [-0.4, -0.2) is 49.6 Å². The van der Waals surface area contributed by atoms with Crippen LogP contribution in [0.1, 0.15) is 18.4 Å². The normalized spacial score (nSPS) is 19.0. The van der Waals surface area contributed by atoms with Gasteiger partial charge in [0.25, 0.3) is 5.54 Å². The minimum Gasteiger partial charge on any atom is -0.479 e. The van der Waals surface area contributed by atoms with Gasteiger partial charge in [0.15, 0.2) is 0 Å². The van der Waals surface area contributed by atoms with Crippen LogP contribution in [0.15, 0.2) is 40.3 Å². The number of rotatable bonds is 4. The number of hydrogen-bond donors (Lipinski definition) is 3. The van der Waals surface area contributed by atoms with Crippen LogP contribution in [0.5, 0.6) is 0 Å². The smallest absolute Gasteiger partial charge is 0.342 e. The van der Waals surface area contributed by atoms with Crippen LogP contribution >= 0.6 is 15.9 Å². The van der Waals surface area contributed by atoms with Crippen LogP contribution < -0.4 is 0 Å². The molecular weight excluding hydrogens is 405 g/mol. The molecule has 3 N–H and O–H groups in total. The first-order valence-electron chi connectivity index (χ1n) is 6.72. The third kappa shape index (κ3) is 2.58. The summed E-state index contributed by atoms with van der Waals surface area (Å²) in [6, 6.07) is 5.35. The molecule has 1 heterocycles. The highest BCUT2D eigenvalue weighted by Crippen LogP contribution is 2.49. The van der Waals surface area contributed by atoms with Gasteiger partial charge in [0.1, 0.15) is 5.57 Å². The average Bonchev–Trinajstić information content (AvgIpc) is 2.78. The number of hydrogen-bond acceptors (Lipinski definition) is 4. The van der Waals surface area contributed by atoms with Crippen molar-refractivity contribution in [2.45, 2.75) is 18.4 Å². The SMILES string of the molecule is CC(=O)N1C(F)=C(C(=O)O)C(c2ccc(Br)cc2)C1(C(=O)O)C(=O)O. The number of carbonyl (C=O) groups excluding carboxylic acids is 1. The van der Waals surface area contributed by atoms with Gasteiger partial charge in [0.05, 0.1) is 5.92 Å². The monoisotopic (exact) mass is 415 g/mol. The van der Waals surface area contributed by atoms with Gasteiger partial charge in [-0.2, -0.15) is 4.39 Å². The van der Waals surface area contributed by atoms with Crippen LogP contribution in [0.3, 0.4) is 0 Å². The predicted octanol–water partition coefficient (Wildman–Crippen LogP) is 1.57. The molecule has 0 radical (unpaired) electrons. The highest BCUT2D eigenvalue weighted by atomic mass is 79.9. The largest absolute Gasteiger partial charge is 0.479 e. The van der Waals surface area contributed by atoms with Gasteiger partial charge in [-0.05, 0) is 17.7 Å². The standard InChI is InChI=1S/C15H11BrFNO7/c1-6(19)18-11(17)9(12(20)21)10(7-2-4-8(16)5-3-7)15(18,13(22)23)14(24)25/h2-5,10H,1H3,(H,20,21)(H,22,23)(H,24,25). The number of halogens is 2. The maximum atomic E-state index is 14.7. The molecule has 0 aromatic heterocycles. The molecule has 1 aliphatic heterocycles. The summed E-state index contributed by atoms with van der Waals surface area (Å²) in [4.78, 5) is 47.0. The van der Waals surface area contributed by atoms with E-state index in [2.05, 4.69) is 15.9 Å². The Hall–Kier alpha value is -2.75. The van der Waals surface area contributed by atoms with Crippen LogP contribution in [0.2, 0.25) is 0 Å². The lowest BCUT2D eigenvalue weighted by molar-refractivity contribution is -0.171. The first-order valence-corrected chi connectivity index (χ1v) is 7.52. The van der Waals surface area contributed by atoms with E-state index in [0.29, 0.717) is 4.47 Å².